The van der Waals surface area contributed by atoms with E-state index < -0.39 is 5.97 Å². The Morgan fingerprint density at radius 1 is 1.47 bits per heavy atom. The van der Waals surface area contributed by atoms with Crippen molar-refractivity contribution in [1.82, 2.24) is 9.55 Å². The normalized spacial score (nSPS) is 10.7. The van der Waals surface area contributed by atoms with E-state index in [1.807, 2.05) is 6.92 Å². The smallest absolute Gasteiger partial charge is 0.313 e. The largest absolute Gasteiger partial charge is 0.481 e. The van der Waals surface area contributed by atoms with Crippen molar-refractivity contribution in [3.8, 4) is 5.69 Å². The Kier molecular flexibility index (Phi) is 4.39. The molecular weight excluding hydrogens is 307 g/mol. The summed E-state index contributed by atoms with van der Waals surface area (Å²) < 4.78 is 1.79. The molecule has 4 nitrogen and oxygen atoms in total. The first-order valence-electron chi connectivity index (χ1n) is 5.33. The zero-order valence-electron chi connectivity index (χ0n) is 9.93. The zero-order chi connectivity index (χ0) is 14.0. The minimum Gasteiger partial charge on any atom is -0.481 e. The summed E-state index contributed by atoms with van der Waals surface area (Å²) in [4.78, 5) is 14.8. The van der Waals surface area contributed by atoms with Crippen LogP contribution in [0.4, 0.5) is 0 Å². The van der Waals surface area contributed by atoms with Gasteiger partial charge >= 0.3 is 5.97 Å². The highest BCUT2D eigenvalue weighted by Crippen LogP contribution is 2.29. The highest BCUT2D eigenvalue weighted by molar-refractivity contribution is 7.99. The molecule has 0 fully saturated rings. The van der Waals surface area contributed by atoms with E-state index in [-0.39, 0.29) is 5.75 Å². The summed E-state index contributed by atoms with van der Waals surface area (Å²) in [5, 5.41) is 10.4. The minimum atomic E-state index is -0.894. The number of carbonyl (C=O) groups is 1. The van der Waals surface area contributed by atoms with Gasteiger partial charge in [0.1, 0.15) is 0 Å². The topological polar surface area (TPSA) is 55.1 Å². The van der Waals surface area contributed by atoms with E-state index in [1.54, 1.807) is 29.0 Å². The number of nitrogens with zero attached hydrogens (tertiary/aromatic N) is 2. The number of halogens is 2. The van der Waals surface area contributed by atoms with Gasteiger partial charge in [0.2, 0.25) is 0 Å². The van der Waals surface area contributed by atoms with Gasteiger partial charge in [0.05, 0.1) is 16.5 Å². The fourth-order valence-corrected chi connectivity index (χ4v) is 2.71. The molecule has 2 aromatic rings. The lowest BCUT2D eigenvalue weighted by Crippen LogP contribution is -2.03. The molecule has 100 valence electrons. The standard InChI is InChI=1S/C12H10Cl2N2O2S/c1-7-5-15-12(19-6-11(17)18)16(7)10-4-8(13)2-3-9(10)14/h2-5H,6H2,1H3,(H,17,18). The lowest BCUT2D eigenvalue weighted by molar-refractivity contribution is -0.133. The van der Waals surface area contributed by atoms with Crippen molar-refractivity contribution in [3.05, 3.63) is 40.1 Å². The predicted molar refractivity (Wildman–Crippen MR) is 76.7 cm³/mol. The van der Waals surface area contributed by atoms with Crippen LogP contribution in [-0.2, 0) is 4.79 Å². The molecule has 1 N–H and O–H groups in total. The van der Waals surface area contributed by atoms with Gasteiger partial charge in [0.25, 0.3) is 0 Å². The number of hydrogen-bond acceptors (Lipinski definition) is 3. The van der Waals surface area contributed by atoms with E-state index in [0.29, 0.717) is 20.9 Å². The van der Waals surface area contributed by atoms with Crippen LogP contribution in [0.15, 0.2) is 29.6 Å². The minimum absolute atomic E-state index is 0.0609. The number of carboxylic acid groups (broad SMARTS) is 1. The van der Waals surface area contributed by atoms with E-state index in [9.17, 15) is 4.79 Å². The van der Waals surface area contributed by atoms with Crippen molar-refractivity contribution in [3.63, 3.8) is 0 Å². The summed E-state index contributed by atoms with van der Waals surface area (Å²) >= 11 is 13.3. The maximum absolute atomic E-state index is 10.6. The molecule has 1 aromatic heterocycles. The molecule has 0 unspecified atom stereocenters. The number of benzene rings is 1. The average molecular weight is 317 g/mol. The predicted octanol–water partition coefficient (Wildman–Crippen LogP) is 3.66. The van der Waals surface area contributed by atoms with Gasteiger partial charge in [-0.25, -0.2) is 4.98 Å². The first kappa shape index (κ1) is 14.2. The number of aromatic nitrogens is 2. The molecule has 0 bridgehead atoms. The number of rotatable bonds is 4. The van der Waals surface area contributed by atoms with E-state index in [0.717, 1.165) is 17.5 Å². The molecule has 0 aliphatic rings. The quantitative estimate of drug-likeness (QED) is 0.874. The third-order valence-corrected chi connectivity index (χ3v) is 3.87. The number of hydrogen-bond donors (Lipinski definition) is 1. The summed E-state index contributed by atoms with van der Waals surface area (Å²) in [6.45, 7) is 1.87. The molecule has 0 aliphatic carbocycles. The Labute approximate surface area is 124 Å². The van der Waals surface area contributed by atoms with Gasteiger partial charge in [-0.3, -0.25) is 9.36 Å². The van der Waals surface area contributed by atoms with Crippen LogP contribution in [0, 0.1) is 6.92 Å². The lowest BCUT2D eigenvalue weighted by atomic mass is 10.3. The number of aliphatic carboxylic acids is 1. The Bertz CT molecular complexity index is 628. The maximum Gasteiger partial charge on any atom is 0.313 e. The second-order valence-electron chi connectivity index (χ2n) is 3.80. The van der Waals surface area contributed by atoms with Crippen LogP contribution >= 0.6 is 35.0 Å². The molecule has 0 aliphatic heterocycles. The van der Waals surface area contributed by atoms with E-state index in [2.05, 4.69) is 4.98 Å². The van der Waals surface area contributed by atoms with Crippen LogP contribution in [-0.4, -0.2) is 26.4 Å². The van der Waals surface area contributed by atoms with Gasteiger partial charge in [-0.05, 0) is 25.1 Å². The molecule has 2 rings (SSSR count). The van der Waals surface area contributed by atoms with E-state index >= 15 is 0 Å². The molecule has 0 saturated heterocycles. The summed E-state index contributed by atoms with van der Waals surface area (Å²) in [5.74, 6) is -0.955. The second kappa shape index (κ2) is 5.86. The number of carboxylic acids is 1. The lowest BCUT2D eigenvalue weighted by Gasteiger charge is -2.11. The summed E-state index contributed by atoms with van der Waals surface area (Å²) in [6.07, 6.45) is 1.67. The highest BCUT2D eigenvalue weighted by Gasteiger charge is 2.14. The number of imidazole rings is 1. The monoisotopic (exact) mass is 316 g/mol. The van der Waals surface area contributed by atoms with Crippen molar-refractivity contribution in [2.24, 2.45) is 0 Å². The molecular formula is C12H10Cl2N2O2S. The Morgan fingerprint density at radius 2 is 2.21 bits per heavy atom. The van der Waals surface area contributed by atoms with Crippen LogP contribution < -0.4 is 0 Å². The Hall–Kier alpha value is -1.17. The van der Waals surface area contributed by atoms with Gasteiger partial charge in [0.15, 0.2) is 5.16 Å². The first-order valence-corrected chi connectivity index (χ1v) is 7.07. The fourth-order valence-electron chi connectivity index (χ4n) is 1.59. The molecule has 19 heavy (non-hydrogen) atoms. The van der Waals surface area contributed by atoms with Gasteiger partial charge in [-0.15, -0.1) is 0 Å². The first-order chi connectivity index (χ1) is 8.99. The molecule has 0 radical (unpaired) electrons. The zero-order valence-corrected chi connectivity index (χ0v) is 12.3. The van der Waals surface area contributed by atoms with Crippen molar-refractivity contribution in [1.29, 1.82) is 0 Å². The molecule has 0 spiro atoms. The van der Waals surface area contributed by atoms with Crippen LogP contribution in [0.2, 0.25) is 10.0 Å². The molecule has 7 heteroatoms. The van der Waals surface area contributed by atoms with Gasteiger partial charge in [-0.2, -0.15) is 0 Å². The Morgan fingerprint density at radius 3 is 2.89 bits per heavy atom. The fraction of sp³-hybridized carbons (Fsp3) is 0.167. The van der Waals surface area contributed by atoms with Crippen molar-refractivity contribution in [2.45, 2.75) is 12.1 Å². The van der Waals surface area contributed by atoms with Gasteiger partial charge < -0.3 is 5.11 Å². The maximum atomic E-state index is 10.6. The second-order valence-corrected chi connectivity index (χ2v) is 5.58. The van der Waals surface area contributed by atoms with Gasteiger partial charge in [0, 0.05) is 16.9 Å². The number of aryl methyl sites for hydroxylation is 1. The average Bonchev–Trinajstić information content (AvgIpc) is 2.71. The molecule has 1 aromatic carbocycles. The SMILES string of the molecule is Cc1cnc(SCC(=O)O)n1-c1cc(Cl)ccc1Cl. The summed E-state index contributed by atoms with van der Waals surface area (Å²) in [6, 6.07) is 5.12. The number of thioether (sulfide) groups is 1. The summed E-state index contributed by atoms with van der Waals surface area (Å²) in [7, 11) is 0. The summed E-state index contributed by atoms with van der Waals surface area (Å²) in [5.41, 5.74) is 1.55. The van der Waals surface area contributed by atoms with Crippen molar-refractivity contribution >= 4 is 40.9 Å². The van der Waals surface area contributed by atoms with E-state index in [4.69, 9.17) is 28.3 Å². The van der Waals surface area contributed by atoms with Crippen LogP contribution in [0.1, 0.15) is 5.69 Å². The van der Waals surface area contributed by atoms with Gasteiger partial charge in [-0.1, -0.05) is 35.0 Å². The Balaban J connectivity index is 2.46. The third kappa shape index (κ3) is 3.23. The molecule has 0 atom stereocenters. The molecule has 0 saturated carbocycles. The molecule has 1 heterocycles. The van der Waals surface area contributed by atoms with Crippen LogP contribution in [0.5, 0.6) is 0 Å². The van der Waals surface area contributed by atoms with E-state index in [1.165, 1.54) is 0 Å². The highest BCUT2D eigenvalue weighted by atomic mass is 35.5. The van der Waals surface area contributed by atoms with Crippen molar-refractivity contribution < 1.29 is 9.90 Å². The van der Waals surface area contributed by atoms with Crippen molar-refractivity contribution in [2.75, 3.05) is 5.75 Å². The molecule has 0 amide bonds. The van der Waals surface area contributed by atoms with Crippen LogP contribution in [0.3, 0.4) is 0 Å². The van der Waals surface area contributed by atoms with Crippen LogP contribution in [0.25, 0.3) is 5.69 Å². The third-order valence-electron chi connectivity index (χ3n) is 2.38.